The Bertz CT molecular complexity index is 486. The van der Waals surface area contributed by atoms with Crippen LogP contribution < -0.4 is 10.0 Å². The van der Waals surface area contributed by atoms with Crippen LogP contribution in [0.15, 0.2) is 0 Å². The van der Waals surface area contributed by atoms with Crippen LogP contribution in [0.2, 0.25) is 0 Å². The second-order valence-corrected chi connectivity index (χ2v) is 7.86. The fourth-order valence-electron chi connectivity index (χ4n) is 3.14. The summed E-state index contributed by atoms with van der Waals surface area (Å²) in [6, 6.07) is -1.97. The summed E-state index contributed by atoms with van der Waals surface area (Å²) in [6.45, 7) is 2.97. The Hall–Kier alpha value is -0.130. The van der Waals surface area contributed by atoms with Crippen LogP contribution in [0.25, 0.3) is 0 Å². The number of rotatable bonds is 5. The van der Waals surface area contributed by atoms with Crippen LogP contribution >= 0.6 is 12.4 Å². The monoisotopic (exact) mass is 394 g/mol. The van der Waals surface area contributed by atoms with Gasteiger partial charge in [0.1, 0.15) is 6.04 Å². The first-order valence-corrected chi connectivity index (χ1v) is 9.44. The largest absolute Gasteiger partial charge is 0.405 e. The van der Waals surface area contributed by atoms with Gasteiger partial charge in [0.05, 0.1) is 0 Å². The van der Waals surface area contributed by atoms with Gasteiger partial charge in [-0.1, -0.05) is 6.42 Å². The third-order valence-electron chi connectivity index (χ3n) is 4.48. The summed E-state index contributed by atoms with van der Waals surface area (Å²) < 4.78 is 68.0. The Morgan fingerprint density at radius 3 is 2.38 bits per heavy atom. The summed E-state index contributed by atoms with van der Waals surface area (Å²) >= 11 is 0. The summed E-state index contributed by atoms with van der Waals surface area (Å²) in [5.41, 5.74) is 0. The predicted octanol–water partition coefficient (Wildman–Crippen LogP) is 0.953. The van der Waals surface area contributed by atoms with Crippen LogP contribution in [0.1, 0.15) is 26.2 Å². The van der Waals surface area contributed by atoms with Gasteiger partial charge < -0.3 is 5.32 Å². The molecule has 0 aliphatic carbocycles. The van der Waals surface area contributed by atoms with E-state index in [1.807, 2.05) is 0 Å². The number of alkyl halides is 3. The molecule has 144 valence electrons. The van der Waals surface area contributed by atoms with Crippen molar-refractivity contribution in [2.75, 3.05) is 39.3 Å². The van der Waals surface area contributed by atoms with Crippen molar-refractivity contribution in [3.8, 4) is 0 Å². The smallest absolute Gasteiger partial charge is 0.314 e. The Labute approximate surface area is 147 Å². The number of nitrogens with zero attached hydrogens (tertiary/aromatic N) is 2. The van der Waals surface area contributed by atoms with Crippen molar-refractivity contribution in [1.82, 2.24) is 19.2 Å². The zero-order chi connectivity index (χ0) is 17.1. The minimum absolute atomic E-state index is 0. The van der Waals surface area contributed by atoms with Crippen molar-refractivity contribution in [2.45, 2.75) is 44.4 Å². The number of piperazine rings is 1. The highest BCUT2D eigenvalue weighted by Crippen LogP contribution is 2.25. The highest BCUT2D eigenvalue weighted by Gasteiger charge is 2.44. The zero-order valence-electron chi connectivity index (χ0n) is 13.7. The topological polar surface area (TPSA) is 64.7 Å². The van der Waals surface area contributed by atoms with E-state index in [-0.39, 0.29) is 31.5 Å². The number of hydrogen-bond donors (Lipinski definition) is 2. The normalized spacial score (nSPS) is 25.9. The Morgan fingerprint density at radius 2 is 1.83 bits per heavy atom. The van der Waals surface area contributed by atoms with E-state index in [0.717, 1.165) is 19.3 Å². The van der Waals surface area contributed by atoms with Crippen LogP contribution in [0.5, 0.6) is 0 Å². The standard InChI is InChI=1S/C13H25F3N4O2S.ClH/c1-11-4-2-3-7-20(11)23(21,22)18-10-12(13(14,15)16)19-8-5-17-6-9-19;/h11-12,17-18H,2-10H2,1H3;1H. The lowest BCUT2D eigenvalue weighted by atomic mass is 10.1. The van der Waals surface area contributed by atoms with Gasteiger partial charge in [-0.25, -0.2) is 4.72 Å². The molecule has 2 heterocycles. The summed E-state index contributed by atoms with van der Waals surface area (Å²) in [6.07, 6.45) is -2.04. The van der Waals surface area contributed by atoms with E-state index in [1.165, 1.54) is 9.21 Å². The van der Waals surface area contributed by atoms with Crippen LogP contribution in [-0.4, -0.2) is 75.2 Å². The average molecular weight is 395 g/mol. The van der Waals surface area contributed by atoms with E-state index in [4.69, 9.17) is 0 Å². The van der Waals surface area contributed by atoms with E-state index in [1.54, 1.807) is 6.92 Å². The molecule has 24 heavy (non-hydrogen) atoms. The van der Waals surface area contributed by atoms with Crippen LogP contribution in [0.4, 0.5) is 13.2 Å². The molecule has 2 N–H and O–H groups in total. The van der Waals surface area contributed by atoms with Gasteiger partial charge in [-0.05, 0) is 19.8 Å². The quantitative estimate of drug-likeness (QED) is 0.729. The minimum Gasteiger partial charge on any atom is -0.314 e. The Kier molecular flexibility index (Phi) is 8.21. The first kappa shape index (κ1) is 21.9. The number of hydrogen-bond acceptors (Lipinski definition) is 4. The molecule has 0 amide bonds. The molecule has 2 aliphatic heterocycles. The molecule has 0 aromatic rings. The predicted molar refractivity (Wildman–Crippen MR) is 88.5 cm³/mol. The van der Waals surface area contributed by atoms with E-state index in [9.17, 15) is 21.6 Å². The van der Waals surface area contributed by atoms with Gasteiger partial charge in [0.2, 0.25) is 0 Å². The molecule has 2 aliphatic rings. The zero-order valence-corrected chi connectivity index (χ0v) is 15.3. The molecule has 0 aromatic heterocycles. The van der Waals surface area contributed by atoms with Crippen molar-refractivity contribution in [3.05, 3.63) is 0 Å². The molecule has 0 saturated carbocycles. The highest BCUT2D eigenvalue weighted by molar-refractivity contribution is 7.87. The van der Waals surface area contributed by atoms with Crippen molar-refractivity contribution in [2.24, 2.45) is 0 Å². The minimum atomic E-state index is -4.46. The maximum Gasteiger partial charge on any atom is 0.405 e. The maximum absolute atomic E-state index is 13.3. The second-order valence-electron chi connectivity index (χ2n) is 6.15. The summed E-state index contributed by atoms with van der Waals surface area (Å²) in [5, 5.41) is 2.99. The third kappa shape index (κ3) is 5.70. The van der Waals surface area contributed by atoms with Crippen molar-refractivity contribution < 1.29 is 21.6 Å². The lowest BCUT2D eigenvalue weighted by Crippen LogP contribution is -2.59. The van der Waals surface area contributed by atoms with E-state index >= 15 is 0 Å². The van der Waals surface area contributed by atoms with Gasteiger partial charge in [-0.15, -0.1) is 12.4 Å². The van der Waals surface area contributed by atoms with Crippen molar-refractivity contribution in [1.29, 1.82) is 0 Å². The number of halogens is 4. The lowest BCUT2D eigenvalue weighted by Gasteiger charge is -2.37. The van der Waals surface area contributed by atoms with E-state index in [2.05, 4.69) is 10.0 Å². The van der Waals surface area contributed by atoms with E-state index < -0.39 is 29.0 Å². The molecule has 0 bridgehead atoms. The van der Waals surface area contributed by atoms with Gasteiger partial charge in [-0.3, -0.25) is 4.90 Å². The van der Waals surface area contributed by atoms with Gasteiger partial charge >= 0.3 is 6.18 Å². The molecule has 11 heteroatoms. The molecule has 0 spiro atoms. The molecule has 2 rings (SSSR count). The highest BCUT2D eigenvalue weighted by atomic mass is 35.5. The van der Waals surface area contributed by atoms with Gasteiger partial charge in [0.25, 0.3) is 10.2 Å². The molecular formula is C13H26ClF3N4O2S. The first-order chi connectivity index (χ1) is 10.7. The molecule has 2 saturated heterocycles. The van der Waals surface area contributed by atoms with Crippen molar-refractivity contribution >= 4 is 22.6 Å². The number of piperidine rings is 1. The Balaban J connectivity index is 0.00000288. The summed E-state index contributed by atoms with van der Waals surface area (Å²) in [4.78, 5) is 1.29. The fourth-order valence-corrected chi connectivity index (χ4v) is 4.62. The average Bonchev–Trinajstić information content (AvgIpc) is 2.47. The second kappa shape index (κ2) is 9.00. The van der Waals surface area contributed by atoms with Gasteiger partial charge in [-0.2, -0.15) is 25.9 Å². The molecule has 2 unspecified atom stereocenters. The molecule has 2 atom stereocenters. The first-order valence-electron chi connectivity index (χ1n) is 8.00. The summed E-state index contributed by atoms with van der Waals surface area (Å²) in [7, 11) is -3.89. The third-order valence-corrected chi connectivity index (χ3v) is 6.17. The molecule has 0 radical (unpaired) electrons. The molecule has 6 nitrogen and oxygen atoms in total. The summed E-state index contributed by atoms with van der Waals surface area (Å²) in [5.74, 6) is 0. The molecule has 2 fully saturated rings. The van der Waals surface area contributed by atoms with Gasteiger partial charge in [0, 0.05) is 45.3 Å². The SMILES string of the molecule is CC1CCCCN1S(=O)(=O)NCC(N1CCNCC1)C(F)(F)F.Cl. The van der Waals surface area contributed by atoms with Crippen LogP contribution in [0, 0.1) is 0 Å². The van der Waals surface area contributed by atoms with Crippen molar-refractivity contribution in [3.63, 3.8) is 0 Å². The number of nitrogens with one attached hydrogen (secondary N) is 2. The van der Waals surface area contributed by atoms with Crippen LogP contribution in [-0.2, 0) is 10.2 Å². The fraction of sp³-hybridized carbons (Fsp3) is 1.00. The van der Waals surface area contributed by atoms with Crippen LogP contribution in [0.3, 0.4) is 0 Å². The van der Waals surface area contributed by atoms with E-state index in [0.29, 0.717) is 19.6 Å². The maximum atomic E-state index is 13.3. The lowest BCUT2D eigenvalue weighted by molar-refractivity contribution is -0.182. The molecular weight excluding hydrogens is 369 g/mol. The van der Waals surface area contributed by atoms with Gasteiger partial charge in [0.15, 0.2) is 0 Å². The Morgan fingerprint density at radius 1 is 1.21 bits per heavy atom. The molecule has 0 aromatic carbocycles.